The van der Waals surface area contributed by atoms with Gasteiger partial charge in [-0.15, -0.1) is 0 Å². The number of hydrogen-bond donors (Lipinski definition) is 1. The van der Waals surface area contributed by atoms with Crippen LogP contribution in [0.1, 0.15) is 42.0 Å². The number of nitrogens with zero attached hydrogens (tertiary/aromatic N) is 1. The van der Waals surface area contributed by atoms with Crippen molar-refractivity contribution in [3.05, 3.63) is 95.1 Å². The van der Waals surface area contributed by atoms with Crippen LogP contribution in [0, 0.1) is 6.92 Å². The van der Waals surface area contributed by atoms with E-state index in [1.807, 2.05) is 79.7 Å². The van der Waals surface area contributed by atoms with Gasteiger partial charge in [0.1, 0.15) is 18.1 Å². The van der Waals surface area contributed by atoms with Gasteiger partial charge in [-0.05, 0) is 53.3 Å². The molecule has 3 aromatic carbocycles. The van der Waals surface area contributed by atoms with Gasteiger partial charge >= 0.3 is 0 Å². The third kappa shape index (κ3) is 7.00. The summed E-state index contributed by atoms with van der Waals surface area (Å²) in [6, 6.07) is 23.6. The Kier molecular flexibility index (Phi) is 7.82. The Morgan fingerprint density at radius 3 is 2.58 bits per heavy atom. The van der Waals surface area contributed by atoms with Crippen LogP contribution in [0.15, 0.2) is 77.9 Å². The lowest BCUT2D eigenvalue weighted by Crippen LogP contribution is -2.25. The van der Waals surface area contributed by atoms with Gasteiger partial charge in [0.2, 0.25) is 0 Å². The van der Waals surface area contributed by atoms with Crippen LogP contribution < -0.4 is 14.9 Å². The lowest BCUT2D eigenvalue weighted by molar-refractivity contribution is -0.123. The molecule has 0 aromatic heterocycles. The molecule has 5 heteroatoms. The molecule has 160 valence electrons. The van der Waals surface area contributed by atoms with E-state index in [4.69, 9.17) is 9.47 Å². The average molecular weight is 417 g/mol. The highest BCUT2D eigenvalue weighted by atomic mass is 16.5. The topological polar surface area (TPSA) is 59.9 Å². The Morgan fingerprint density at radius 2 is 1.81 bits per heavy atom. The Morgan fingerprint density at radius 1 is 1.00 bits per heavy atom. The molecule has 0 radical (unpaired) electrons. The highest BCUT2D eigenvalue weighted by Gasteiger charge is 2.10. The van der Waals surface area contributed by atoms with Gasteiger partial charge in [-0.3, -0.25) is 4.79 Å². The summed E-state index contributed by atoms with van der Waals surface area (Å²) < 4.78 is 11.5. The van der Waals surface area contributed by atoms with Crippen molar-refractivity contribution in [2.45, 2.75) is 33.3 Å². The van der Waals surface area contributed by atoms with Gasteiger partial charge in [0, 0.05) is 0 Å². The van der Waals surface area contributed by atoms with Crippen LogP contribution in [-0.4, -0.2) is 18.7 Å². The van der Waals surface area contributed by atoms with Crippen molar-refractivity contribution in [1.29, 1.82) is 0 Å². The molecule has 0 saturated carbocycles. The fourth-order valence-electron chi connectivity index (χ4n) is 3.02. The quantitative estimate of drug-likeness (QED) is 0.384. The van der Waals surface area contributed by atoms with Crippen molar-refractivity contribution in [3.8, 4) is 11.5 Å². The zero-order valence-corrected chi connectivity index (χ0v) is 18.2. The maximum absolute atomic E-state index is 12.1. The highest BCUT2D eigenvalue weighted by molar-refractivity contribution is 5.83. The minimum atomic E-state index is -0.316. The number of carbonyl (C=O) groups excluding carboxylic acids is 1. The third-order valence-corrected chi connectivity index (χ3v) is 4.66. The third-order valence-electron chi connectivity index (χ3n) is 4.66. The smallest absolute Gasteiger partial charge is 0.277 e. The summed E-state index contributed by atoms with van der Waals surface area (Å²) in [5.74, 6) is 1.47. The average Bonchev–Trinajstić information content (AvgIpc) is 2.77. The van der Waals surface area contributed by atoms with Crippen LogP contribution in [-0.2, 0) is 11.4 Å². The van der Waals surface area contributed by atoms with Crippen LogP contribution in [0.25, 0.3) is 0 Å². The molecule has 0 atom stereocenters. The van der Waals surface area contributed by atoms with Crippen molar-refractivity contribution in [3.63, 3.8) is 0 Å². The lowest BCUT2D eigenvalue weighted by Gasteiger charge is -2.14. The summed E-state index contributed by atoms with van der Waals surface area (Å²) in [4.78, 5) is 12.1. The van der Waals surface area contributed by atoms with E-state index in [9.17, 15) is 4.79 Å². The van der Waals surface area contributed by atoms with Crippen molar-refractivity contribution in [2.75, 3.05) is 6.61 Å². The minimum absolute atomic E-state index is 0.0965. The van der Waals surface area contributed by atoms with E-state index in [2.05, 4.69) is 24.4 Å². The second-order valence-electron chi connectivity index (χ2n) is 7.62. The Hall–Kier alpha value is -3.60. The predicted octanol–water partition coefficient (Wildman–Crippen LogP) is 5.23. The SMILES string of the molecule is Cc1ccc(C(C)C)c(OCC(=O)N/N=C\c2cccc(OCc3ccccc3)c2)c1. The first-order valence-electron chi connectivity index (χ1n) is 10.3. The van der Waals surface area contributed by atoms with Gasteiger partial charge in [-0.1, -0.05) is 68.4 Å². The molecule has 0 fully saturated rings. The number of hydrogen-bond acceptors (Lipinski definition) is 4. The van der Waals surface area contributed by atoms with Gasteiger partial charge in [0.05, 0.1) is 6.21 Å². The predicted molar refractivity (Wildman–Crippen MR) is 124 cm³/mol. The Bertz CT molecular complexity index is 1030. The summed E-state index contributed by atoms with van der Waals surface area (Å²) in [6.45, 7) is 6.59. The summed E-state index contributed by atoms with van der Waals surface area (Å²) >= 11 is 0. The zero-order chi connectivity index (χ0) is 22.1. The van der Waals surface area contributed by atoms with Crippen LogP contribution in [0.2, 0.25) is 0 Å². The number of amides is 1. The van der Waals surface area contributed by atoms with E-state index in [-0.39, 0.29) is 12.5 Å². The number of nitrogens with one attached hydrogen (secondary N) is 1. The first-order chi connectivity index (χ1) is 15.0. The first kappa shape index (κ1) is 22.1. The van der Waals surface area contributed by atoms with Crippen molar-refractivity contribution < 1.29 is 14.3 Å². The minimum Gasteiger partial charge on any atom is -0.489 e. The van der Waals surface area contributed by atoms with E-state index in [1.165, 1.54) is 0 Å². The number of benzene rings is 3. The molecular weight excluding hydrogens is 388 g/mol. The first-order valence-corrected chi connectivity index (χ1v) is 10.3. The number of carbonyl (C=O) groups is 1. The normalized spacial score (nSPS) is 11.0. The van der Waals surface area contributed by atoms with Gasteiger partial charge in [-0.25, -0.2) is 5.43 Å². The fraction of sp³-hybridized carbons (Fsp3) is 0.231. The summed E-state index contributed by atoms with van der Waals surface area (Å²) in [5.41, 5.74) is 6.60. The molecule has 0 heterocycles. The van der Waals surface area contributed by atoms with Crippen LogP contribution in [0.4, 0.5) is 0 Å². The number of rotatable bonds is 9. The number of hydrazone groups is 1. The van der Waals surface area contributed by atoms with Crippen LogP contribution in [0.3, 0.4) is 0 Å². The molecule has 0 saturated heterocycles. The largest absolute Gasteiger partial charge is 0.489 e. The second-order valence-corrected chi connectivity index (χ2v) is 7.62. The van der Waals surface area contributed by atoms with Crippen LogP contribution in [0.5, 0.6) is 11.5 Å². The van der Waals surface area contributed by atoms with E-state index in [0.717, 1.165) is 33.8 Å². The van der Waals surface area contributed by atoms with Crippen molar-refractivity contribution in [2.24, 2.45) is 5.10 Å². The van der Waals surface area contributed by atoms with E-state index < -0.39 is 0 Å². The van der Waals surface area contributed by atoms with Crippen molar-refractivity contribution >= 4 is 12.1 Å². The molecule has 0 unspecified atom stereocenters. The molecule has 1 N–H and O–H groups in total. The van der Waals surface area contributed by atoms with E-state index >= 15 is 0 Å². The summed E-state index contributed by atoms with van der Waals surface area (Å²) in [7, 11) is 0. The zero-order valence-electron chi connectivity index (χ0n) is 18.2. The molecule has 0 bridgehead atoms. The summed E-state index contributed by atoms with van der Waals surface area (Å²) in [5, 5.41) is 4.03. The molecular formula is C26H28N2O3. The van der Waals surface area contributed by atoms with Gasteiger partial charge in [0.25, 0.3) is 5.91 Å². The maximum Gasteiger partial charge on any atom is 0.277 e. The Balaban J connectivity index is 1.50. The molecule has 3 aromatic rings. The van der Waals surface area contributed by atoms with Gasteiger partial charge in [-0.2, -0.15) is 5.10 Å². The molecule has 3 rings (SSSR count). The monoisotopic (exact) mass is 416 g/mol. The van der Waals surface area contributed by atoms with Gasteiger partial charge in [0.15, 0.2) is 6.61 Å². The number of aryl methyl sites for hydroxylation is 1. The van der Waals surface area contributed by atoms with E-state index in [1.54, 1.807) is 6.21 Å². The van der Waals surface area contributed by atoms with E-state index in [0.29, 0.717) is 12.5 Å². The number of ether oxygens (including phenoxy) is 2. The summed E-state index contributed by atoms with van der Waals surface area (Å²) in [6.07, 6.45) is 1.58. The molecule has 0 aliphatic heterocycles. The highest BCUT2D eigenvalue weighted by Crippen LogP contribution is 2.27. The van der Waals surface area contributed by atoms with Gasteiger partial charge < -0.3 is 9.47 Å². The molecule has 5 nitrogen and oxygen atoms in total. The fourth-order valence-corrected chi connectivity index (χ4v) is 3.02. The molecule has 0 aliphatic carbocycles. The second kappa shape index (κ2) is 11.0. The Labute approximate surface area is 183 Å². The standard InChI is InChI=1S/C26H28N2O3/c1-19(2)24-13-12-20(3)14-25(24)31-18-26(29)28-27-16-22-10-7-11-23(15-22)30-17-21-8-5-4-6-9-21/h4-16,19H,17-18H2,1-3H3,(H,28,29)/b27-16-. The molecule has 1 amide bonds. The lowest BCUT2D eigenvalue weighted by atomic mass is 10.0. The van der Waals surface area contributed by atoms with Crippen LogP contribution >= 0.6 is 0 Å². The molecule has 31 heavy (non-hydrogen) atoms. The van der Waals surface area contributed by atoms with Crippen molar-refractivity contribution in [1.82, 2.24) is 5.43 Å². The molecule has 0 aliphatic rings. The maximum atomic E-state index is 12.1. The molecule has 0 spiro atoms.